The minimum atomic E-state index is -0.937. The molecule has 0 saturated heterocycles. The molecule has 2 aromatic carbocycles. The van der Waals surface area contributed by atoms with E-state index in [2.05, 4.69) is 30.9 Å². The van der Waals surface area contributed by atoms with Gasteiger partial charge in [-0.05, 0) is 37.3 Å². The van der Waals surface area contributed by atoms with E-state index < -0.39 is 5.60 Å². The quantitative estimate of drug-likeness (QED) is 0.914. The normalized spacial score (nSPS) is 21.5. The van der Waals surface area contributed by atoms with Crippen LogP contribution in [-0.2, 0) is 5.60 Å². The molecule has 2 nitrogen and oxygen atoms in total. The fourth-order valence-corrected chi connectivity index (χ4v) is 4.15. The molecule has 0 saturated carbocycles. The van der Waals surface area contributed by atoms with Gasteiger partial charge in [0, 0.05) is 16.3 Å². The molecule has 0 fully saturated rings. The van der Waals surface area contributed by atoms with E-state index in [0.29, 0.717) is 6.54 Å². The third kappa shape index (κ3) is 2.34. The first-order valence-electron chi connectivity index (χ1n) is 7.44. The molecule has 1 atom stereocenters. The predicted octanol–water partition coefficient (Wildman–Crippen LogP) is 4.30. The number of anilines is 1. The van der Waals surface area contributed by atoms with Crippen LogP contribution in [0.4, 0.5) is 5.69 Å². The summed E-state index contributed by atoms with van der Waals surface area (Å²) in [6, 6.07) is 18.3. The van der Waals surface area contributed by atoms with Crippen molar-refractivity contribution in [3.8, 4) is 0 Å². The molecule has 1 unspecified atom stereocenters. The number of aryl methyl sites for hydroxylation is 1. The second kappa shape index (κ2) is 5.82. The number of para-hydroxylation sites is 1. The topological polar surface area (TPSA) is 23.5 Å². The molecule has 1 aliphatic heterocycles. The van der Waals surface area contributed by atoms with Crippen molar-refractivity contribution in [3.05, 3.63) is 76.3 Å². The Kier molecular flexibility index (Phi) is 4.02. The van der Waals surface area contributed by atoms with Gasteiger partial charge in [-0.25, -0.2) is 0 Å². The summed E-state index contributed by atoms with van der Waals surface area (Å²) < 4.78 is 0. The Labute approximate surface area is 136 Å². The average Bonchev–Trinajstić information content (AvgIpc) is 2.80. The van der Waals surface area contributed by atoms with E-state index in [-0.39, 0.29) is 0 Å². The van der Waals surface area contributed by atoms with Crippen molar-refractivity contribution in [1.29, 1.82) is 0 Å². The number of aliphatic hydroxyl groups is 1. The molecule has 0 aromatic heterocycles. The van der Waals surface area contributed by atoms with Gasteiger partial charge in [0.05, 0.1) is 6.54 Å². The van der Waals surface area contributed by atoms with E-state index in [1.807, 2.05) is 48.7 Å². The maximum atomic E-state index is 11.4. The van der Waals surface area contributed by atoms with Gasteiger partial charge in [0.1, 0.15) is 5.60 Å². The van der Waals surface area contributed by atoms with Crippen LogP contribution < -0.4 is 4.90 Å². The minimum absolute atomic E-state index is 0.559. The standard InChI is InChI=1S/C19H21NOS/c1-14-9-7-8-12-17(14)20-13-19(21,18(22-3)15(20)2)16-10-5-4-6-11-16/h4-12,21H,13H2,1-3H3. The van der Waals surface area contributed by atoms with Gasteiger partial charge in [-0.3, -0.25) is 0 Å². The summed E-state index contributed by atoms with van der Waals surface area (Å²) in [7, 11) is 0. The zero-order chi connectivity index (χ0) is 15.7. The van der Waals surface area contributed by atoms with Crippen molar-refractivity contribution >= 4 is 17.4 Å². The van der Waals surface area contributed by atoms with Crippen LogP contribution in [-0.4, -0.2) is 17.9 Å². The SMILES string of the molecule is CSC1=C(C)N(c2ccccc2C)CC1(O)c1ccccc1. The number of thioether (sulfide) groups is 1. The van der Waals surface area contributed by atoms with Crippen LogP contribution in [0, 0.1) is 6.92 Å². The Morgan fingerprint density at radius 1 is 1.00 bits per heavy atom. The lowest BCUT2D eigenvalue weighted by molar-refractivity contribution is 0.103. The van der Waals surface area contributed by atoms with Gasteiger partial charge in [-0.1, -0.05) is 48.5 Å². The Balaban J connectivity index is 2.09. The van der Waals surface area contributed by atoms with Crippen molar-refractivity contribution in [2.75, 3.05) is 17.7 Å². The van der Waals surface area contributed by atoms with Crippen molar-refractivity contribution in [1.82, 2.24) is 0 Å². The number of hydrogen-bond donors (Lipinski definition) is 1. The Bertz CT molecular complexity index is 710. The summed E-state index contributed by atoms with van der Waals surface area (Å²) in [5.74, 6) is 0. The average molecular weight is 311 g/mol. The van der Waals surface area contributed by atoms with E-state index in [0.717, 1.165) is 16.2 Å². The number of rotatable bonds is 3. The highest BCUT2D eigenvalue weighted by molar-refractivity contribution is 8.02. The zero-order valence-corrected chi connectivity index (χ0v) is 14.0. The van der Waals surface area contributed by atoms with Gasteiger partial charge in [0.25, 0.3) is 0 Å². The maximum Gasteiger partial charge on any atom is 0.140 e. The molecule has 2 aromatic rings. The van der Waals surface area contributed by atoms with Gasteiger partial charge < -0.3 is 10.0 Å². The van der Waals surface area contributed by atoms with E-state index in [9.17, 15) is 5.11 Å². The fourth-order valence-electron chi connectivity index (χ4n) is 3.23. The molecule has 3 rings (SSSR count). The molecule has 22 heavy (non-hydrogen) atoms. The summed E-state index contributed by atoms with van der Waals surface area (Å²) in [6.07, 6.45) is 2.04. The molecular weight excluding hydrogens is 290 g/mol. The van der Waals surface area contributed by atoms with E-state index in [1.54, 1.807) is 11.8 Å². The van der Waals surface area contributed by atoms with Crippen LogP contribution in [0.5, 0.6) is 0 Å². The van der Waals surface area contributed by atoms with Crippen molar-refractivity contribution in [3.63, 3.8) is 0 Å². The van der Waals surface area contributed by atoms with Crippen molar-refractivity contribution in [2.45, 2.75) is 19.4 Å². The second-order valence-electron chi connectivity index (χ2n) is 5.72. The number of benzene rings is 2. The van der Waals surface area contributed by atoms with Crippen LogP contribution in [0.1, 0.15) is 18.1 Å². The molecule has 3 heteroatoms. The van der Waals surface area contributed by atoms with Gasteiger partial charge in [0.15, 0.2) is 0 Å². The summed E-state index contributed by atoms with van der Waals surface area (Å²) in [4.78, 5) is 3.26. The van der Waals surface area contributed by atoms with E-state index in [1.165, 1.54) is 11.3 Å². The molecule has 0 spiro atoms. The molecule has 1 heterocycles. The van der Waals surface area contributed by atoms with Gasteiger partial charge in [-0.2, -0.15) is 0 Å². The lowest BCUT2D eigenvalue weighted by atomic mass is 9.94. The first-order chi connectivity index (χ1) is 10.6. The molecule has 0 amide bonds. The minimum Gasteiger partial charge on any atom is -0.378 e. The third-order valence-electron chi connectivity index (χ3n) is 4.36. The smallest absolute Gasteiger partial charge is 0.140 e. The van der Waals surface area contributed by atoms with Crippen molar-refractivity contribution in [2.24, 2.45) is 0 Å². The number of β-amino-alcohol motifs (C(OH)–C–C–N with tert-alkyl or cyclic N) is 1. The Morgan fingerprint density at radius 3 is 2.27 bits per heavy atom. The van der Waals surface area contributed by atoms with Crippen LogP contribution in [0.15, 0.2) is 65.2 Å². The summed E-state index contributed by atoms with van der Waals surface area (Å²) in [5.41, 5.74) is 3.54. The predicted molar refractivity (Wildman–Crippen MR) is 95.1 cm³/mol. The van der Waals surface area contributed by atoms with E-state index in [4.69, 9.17) is 0 Å². The molecule has 0 radical (unpaired) electrons. The zero-order valence-electron chi connectivity index (χ0n) is 13.2. The van der Waals surface area contributed by atoms with E-state index >= 15 is 0 Å². The van der Waals surface area contributed by atoms with Crippen LogP contribution in [0.3, 0.4) is 0 Å². The third-order valence-corrected chi connectivity index (χ3v) is 5.40. The highest BCUT2D eigenvalue weighted by atomic mass is 32.2. The van der Waals surface area contributed by atoms with Gasteiger partial charge in [-0.15, -0.1) is 11.8 Å². The van der Waals surface area contributed by atoms with Gasteiger partial charge >= 0.3 is 0 Å². The van der Waals surface area contributed by atoms with Crippen LogP contribution in [0.2, 0.25) is 0 Å². The number of allylic oxidation sites excluding steroid dienone is 1. The lowest BCUT2D eigenvalue weighted by Crippen LogP contribution is -2.33. The molecule has 0 bridgehead atoms. The largest absolute Gasteiger partial charge is 0.378 e. The Hall–Kier alpha value is -1.71. The summed E-state index contributed by atoms with van der Waals surface area (Å²) in [6.45, 7) is 4.77. The first kappa shape index (κ1) is 15.2. The Morgan fingerprint density at radius 2 is 1.64 bits per heavy atom. The summed E-state index contributed by atoms with van der Waals surface area (Å²) >= 11 is 1.63. The van der Waals surface area contributed by atoms with Crippen LogP contribution >= 0.6 is 11.8 Å². The number of nitrogens with zero attached hydrogens (tertiary/aromatic N) is 1. The second-order valence-corrected chi connectivity index (χ2v) is 6.53. The van der Waals surface area contributed by atoms with Gasteiger partial charge in [0.2, 0.25) is 0 Å². The highest BCUT2D eigenvalue weighted by Gasteiger charge is 2.43. The number of hydrogen-bond acceptors (Lipinski definition) is 3. The maximum absolute atomic E-state index is 11.4. The summed E-state index contributed by atoms with van der Waals surface area (Å²) in [5, 5.41) is 11.4. The van der Waals surface area contributed by atoms with Crippen LogP contribution in [0.25, 0.3) is 0 Å². The first-order valence-corrected chi connectivity index (χ1v) is 8.67. The molecule has 1 N–H and O–H groups in total. The molecular formula is C19H21NOS. The molecule has 1 aliphatic rings. The monoisotopic (exact) mass is 311 g/mol. The van der Waals surface area contributed by atoms with Crippen molar-refractivity contribution < 1.29 is 5.11 Å². The molecule has 0 aliphatic carbocycles. The molecule has 114 valence electrons. The fraction of sp³-hybridized carbons (Fsp3) is 0.263. The highest BCUT2D eigenvalue weighted by Crippen LogP contribution is 2.46. The lowest BCUT2D eigenvalue weighted by Gasteiger charge is -2.28.